The van der Waals surface area contributed by atoms with Crippen LogP contribution in [0.3, 0.4) is 0 Å². The first kappa shape index (κ1) is 12.1. The van der Waals surface area contributed by atoms with Crippen LogP contribution in [0.15, 0.2) is 11.4 Å². The maximum Gasteiger partial charge on any atom is 0.241 e. The van der Waals surface area contributed by atoms with Gasteiger partial charge in [-0.05, 0) is 24.3 Å². The number of nitrogens with zero attached hydrogens (tertiary/aromatic N) is 2. The number of hydrazine groups is 1. The standard InChI is InChI=1S/C11H16N4OS/c1-6(2)7(3)16-9-8-4-5-17-10(8)14-11(13-9)15-12/h4-7H,12H2,1-3H3,(H,13,14,15). The van der Waals surface area contributed by atoms with Gasteiger partial charge in [0.05, 0.1) is 11.5 Å². The van der Waals surface area contributed by atoms with E-state index >= 15 is 0 Å². The molecule has 3 N–H and O–H groups in total. The van der Waals surface area contributed by atoms with Crippen LogP contribution in [0.1, 0.15) is 20.8 Å². The number of nitrogens with two attached hydrogens (primary N) is 1. The van der Waals surface area contributed by atoms with Crippen LogP contribution in [0.2, 0.25) is 0 Å². The number of rotatable bonds is 4. The van der Waals surface area contributed by atoms with Crippen molar-refractivity contribution in [1.82, 2.24) is 9.97 Å². The van der Waals surface area contributed by atoms with Gasteiger partial charge in [-0.25, -0.2) is 10.8 Å². The minimum Gasteiger partial charge on any atom is -0.474 e. The second-order valence-corrected chi connectivity index (χ2v) is 5.10. The number of nitrogen functional groups attached to an aromatic ring is 1. The molecule has 0 saturated carbocycles. The molecule has 2 aromatic rings. The van der Waals surface area contributed by atoms with Gasteiger partial charge in [0, 0.05) is 0 Å². The summed E-state index contributed by atoms with van der Waals surface area (Å²) in [6.45, 7) is 6.25. The minimum atomic E-state index is 0.0959. The molecule has 0 aromatic carbocycles. The van der Waals surface area contributed by atoms with Crippen molar-refractivity contribution < 1.29 is 4.74 Å². The fraction of sp³-hybridized carbons (Fsp3) is 0.455. The van der Waals surface area contributed by atoms with Crippen molar-refractivity contribution in [2.75, 3.05) is 5.43 Å². The van der Waals surface area contributed by atoms with Crippen molar-refractivity contribution in [3.63, 3.8) is 0 Å². The van der Waals surface area contributed by atoms with Crippen LogP contribution in [0.25, 0.3) is 10.2 Å². The molecule has 2 heterocycles. The molecule has 0 bridgehead atoms. The van der Waals surface area contributed by atoms with E-state index in [0.29, 0.717) is 17.7 Å². The lowest BCUT2D eigenvalue weighted by atomic mass is 10.1. The quantitative estimate of drug-likeness (QED) is 0.645. The van der Waals surface area contributed by atoms with Crippen LogP contribution < -0.4 is 16.0 Å². The fourth-order valence-corrected chi connectivity index (χ4v) is 2.05. The second-order valence-electron chi connectivity index (χ2n) is 4.20. The molecule has 2 rings (SSSR count). The summed E-state index contributed by atoms with van der Waals surface area (Å²) >= 11 is 1.54. The predicted molar refractivity (Wildman–Crippen MR) is 70.2 cm³/mol. The maximum atomic E-state index is 5.85. The second kappa shape index (κ2) is 4.85. The number of fused-ring (bicyclic) bond motifs is 1. The van der Waals surface area contributed by atoms with Crippen molar-refractivity contribution in [1.29, 1.82) is 0 Å². The molecule has 17 heavy (non-hydrogen) atoms. The molecule has 0 aliphatic heterocycles. The molecule has 0 amide bonds. The number of nitrogens with one attached hydrogen (secondary N) is 1. The van der Waals surface area contributed by atoms with E-state index in [4.69, 9.17) is 10.6 Å². The largest absolute Gasteiger partial charge is 0.474 e. The Bertz CT molecular complexity index is 511. The van der Waals surface area contributed by atoms with Crippen LogP contribution >= 0.6 is 11.3 Å². The third kappa shape index (κ3) is 2.48. The SMILES string of the molecule is CC(C)C(C)Oc1nc(NN)nc2sccc12. The molecular formula is C11H16N4OS. The Kier molecular flexibility index (Phi) is 3.44. The molecule has 1 unspecified atom stereocenters. The van der Waals surface area contributed by atoms with Gasteiger partial charge < -0.3 is 4.74 Å². The van der Waals surface area contributed by atoms with Crippen molar-refractivity contribution in [3.05, 3.63) is 11.4 Å². The van der Waals surface area contributed by atoms with Gasteiger partial charge in [0.1, 0.15) is 4.83 Å². The van der Waals surface area contributed by atoms with Gasteiger partial charge in [0.25, 0.3) is 0 Å². The number of ether oxygens (including phenoxy) is 1. The zero-order valence-electron chi connectivity index (χ0n) is 10.1. The molecule has 2 aromatic heterocycles. The summed E-state index contributed by atoms with van der Waals surface area (Å²) in [5.41, 5.74) is 2.46. The number of aromatic nitrogens is 2. The van der Waals surface area contributed by atoms with Gasteiger partial charge >= 0.3 is 0 Å². The Morgan fingerprint density at radius 1 is 1.35 bits per heavy atom. The monoisotopic (exact) mass is 252 g/mol. The van der Waals surface area contributed by atoms with Gasteiger partial charge in [-0.3, -0.25) is 5.43 Å². The van der Waals surface area contributed by atoms with Gasteiger partial charge in [-0.1, -0.05) is 13.8 Å². The van der Waals surface area contributed by atoms with E-state index in [-0.39, 0.29) is 6.10 Å². The van der Waals surface area contributed by atoms with Crippen LogP contribution in [-0.4, -0.2) is 16.1 Å². The van der Waals surface area contributed by atoms with Crippen molar-refractivity contribution in [3.8, 4) is 5.88 Å². The molecule has 92 valence electrons. The van der Waals surface area contributed by atoms with E-state index in [0.717, 1.165) is 10.2 Å². The van der Waals surface area contributed by atoms with Crippen LogP contribution in [0, 0.1) is 5.92 Å². The first-order valence-corrected chi connectivity index (χ1v) is 6.38. The summed E-state index contributed by atoms with van der Waals surface area (Å²) in [6.07, 6.45) is 0.0959. The van der Waals surface area contributed by atoms with E-state index < -0.39 is 0 Å². The molecule has 1 atom stereocenters. The molecule has 0 radical (unpaired) electrons. The molecule has 6 heteroatoms. The summed E-state index contributed by atoms with van der Waals surface area (Å²) in [7, 11) is 0. The number of anilines is 1. The van der Waals surface area contributed by atoms with E-state index in [1.54, 1.807) is 0 Å². The van der Waals surface area contributed by atoms with Gasteiger partial charge in [-0.15, -0.1) is 11.3 Å². The fourth-order valence-electron chi connectivity index (χ4n) is 1.29. The highest BCUT2D eigenvalue weighted by Gasteiger charge is 2.14. The molecule has 0 saturated heterocycles. The molecular weight excluding hydrogens is 236 g/mol. The zero-order chi connectivity index (χ0) is 12.4. The lowest BCUT2D eigenvalue weighted by Crippen LogP contribution is -2.20. The summed E-state index contributed by atoms with van der Waals surface area (Å²) in [4.78, 5) is 9.38. The van der Waals surface area contributed by atoms with Gasteiger partial charge in [0.2, 0.25) is 11.8 Å². The molecule has 0 aliphatic rings. The average Bonchev–Trinajstić information content (AvgIpc) is 2.76. The van der Waals surface area contributed by atoms with E-state index in [2.05, 4.69) is 29.2 Å². The highest BCUT2D eigenvalue weighted by Crippen LogP contribution is 2.29. The third-order valence-electron chi connectivity index (χ3n) is 2.66. The smallest absolute Gasteiger partial charge is 0.241 e. The van der Waals surface area contributed by atoms with Crippen molar-refractivity contribution >= 4 is 27.5 Å². The number of thiophene rings is 1. The molecule has 0 fully saturated rings. The van der Waals surface area contributed by atoms with Crippen LogP contribution in [0.5, 0.6) is 5.88 Å². The zero-order valence-corrected chi connectivity index (χ0v) is 10.9. The Hall–Kier alpha value is -1.40. The average molecular weight is 252 g/mol. The summed E-state index contributed by atoms with van der Waals surface area (Å²) in [6, 6.07) is 1.96. The number of hydrogen-bond donors (Lipinski definition) is 2. The first-order chi connectivity index (χ1) is 8.11. The maximum absolute atomic E-state index is 5.85. The highest BCUT2D eigenvalue weighted by molar-refractivity contribution is 7.16. The van der Waals surface area contributed by atoms with E-state index in [1.165, 1.54) is 11.3 Å². The van der Waals surface area contributed by atoms with E-state index in [1.807, 2.05) is 18.4 Å². The molecule has 0 spiro atoms. The summed E-state index contributed by atoms with van der Waals surface area (Å²) < 4.78 is 5.85. The lowest BCUT2D eigenvalue weighted by molar-refractivity contribution is 0.166. The first-order valence-electron chi connectivity index (χ1n) is 5.50. The Labute approximate surface area is 104 Å². The van der Waals surface area contributed by atoms with Gasteiger partial charge in [-0.2, -0.15) is 4.98 Å². The number of hydrogen-bond acceptors (Lipinski definition) is 6. The normalized spacial score (nSPS) is 13.0. The highest BCUT2D eigenvalue weighted by atomic mass is 32.1. The topological polar surface area (TPSA) is 73.1 Å². The van der Waals surface area contributed by atoms with Crippen molar-refractivity contribution in [2.45, 2.75) is 26.9 Å². The van der Waals surface area contributed by atoms with Crippen LogP contribution in [0.4, 0.5) is 5.95 Å². The minimum absolute atomic E-state index is 0.0959. The summed E-state index contributed by atoms with van der Waals surface area (Å²) in [5, 5.41) is 2.90. The Morgan fingerprint density at radius 2 is 2.12 bits per heavy atom. The predicted octanol–water partition coefficient (Wildman–Crippen LogP) is 2.40. The van der Waals surface area contributed by atoms with Crippen LogP contribution in [-0.2, 0) is 0 Å². The Morgan fingerprint density at radius 3 is 2.76 bits per heavy atom. The van der Waals surface area contributed by atoms with Crippen molar-refractivity contribution in [2.24, 2.45) is 11.8 Å². The molecule has 5 nitrogen and oxygen atoms in total. The summed E-state index contributed by atoms with van der Waals surface area (Å²) in [5.74, 6) is 6.74. The third-order valence-corrected chi connectivity index (χ3v) is 3.46. The van der Waals surface area contributed by atoms with Gasteiger partial charge in [0.15, 0.2) is 0 Å². The lowest BCUT2D eigenvalue weighted by Gasteiger charge is -2.17. The van der Waals surface area contributed by atoms with E-state index in [9.17, 15) is 0 Å². The molecule has 0 aliphatic carbocycles. The Balaban J connectivity index is 2.40.